The number of methoxy groups -OCH3 is 1. The van der Waals surface area contributed by atoms with E-state index in [1.807, 2.05) is 17.8 Å². The van der Waals surface area contributed by atoms with Crippen LogP contribution in [0.4, 0.5) is 0 Å². The van der Waals surface area contributed by atoms with E-state index in [4.69, 9.17) is 14.2 Å². The van der Waals surface area contributed by atoms with Gasteiger partial charge in [-0.15, -0.1) is 0 Å². The minimum Gasteiger partial charge on any atom is -0.484 e. The molecule has 0 radical (unpaired) electrons. The molecule has 102 valence electrons. The number of aromatic nitrogens is 2. The first-order valence-electron chi connectivity index (χ1n) is 6.18. The minimum absolute atomic E-state index is 0.0881. The van der Waals surface area contributed by atoms with Gasteiger partial charge in [-0.25, -0.2) is 0 Å². The number of aryl methyl sites for hydroxylation is 1. The lowest BCUT2D eigenvalue weighted by molar-refractivity contribution is -0.0865. The first-order chi connectivity index (χ1) is 8.74. The predicted molar refractivity (Wildman–Crippen MR) is 71.3 cm³/mol. The van der Waals surface area contributed by atoms with Crippen molar-refractivity contribution in [3.63, 3.8) is 0 Å². The van der Waals surface area contributed by atoms with Crippen LogP contribution >= 0.6 is 15.9 Å². The number of halogens is 1. The van der Waals surface area contributed by atoms with E-state index in [1.165, 1.54) is 0 Å². The number of nitrogens with zero attached hydrogens (tertiary/aromatic N) is 2. The maximum absolute atomic E-state index is 5.87. The van der Waals surface area contributed by atoms with Crippen LogP contribution in [-0.4, -0.2) is 47.1 Å². The molecule has 0 N–H and O–H groups in total. The van der Waals surface area contributed by atoms with E-state index in [2.05, 4.69) is 21.0 Å². The molecule has 1 aromatic heterocycles. The number of alkyl halides is 1. The molecular weight excluding hydrogens is 300 g/mol. The number of hydrogen-bond acceptors (Lipinski definition) is 4. The van der Waals surface area contributed by atoms with Crippen molar-refractivity contribution < 1.29 is 14.2 Å². The normalized spacial score (nSPS) is 26.9. The average Bonchev–Trinajstić information content (AvgIpc) is 2.82. The molecule has 18 heavy (non-hydrogen) atoms. The lowest BCUT2D eigenvalue weighted by Crippen LogP contribution is -2.52. The van der Waals surface area contributed by atoms with Crippen LogP contribution in [-0.2, 0) is 16.0 Å². The summed E-state index contributed by atoms with van der Waals surface area (Å²) in [4.78, 5) is 0.362. The topological polar surface area (TPSA) is 45.5 Å². The van der Waals surface area contributed by atoms with Gasteiger partial charge in [0.05, 0.1) is 25.6 Å². The van der Waals surface area contributed by atoms with E-state index in [0.717, 1.165) is 18.7 Å². The Bertz CT molecular complexity index is 372. The van der Waals surface area contributed by atoms with Crippen molar-refractivity contribution in [2.75, 3.05) is 20.3 Å². The van der Waals surface area contributed by atoms with Gasteiger partial charge in [-0.3, -0.25) is 4.68 Å². The zero-order chi connectivity index (χ0) is 13.0. The maximum atomic E-state index is 5.87. The van der Waals surface area contributed by atoms with Crippen LogP contribution in [0, 0.1) is 0 Å². The zero-order valence-corrected chi connectivity index (χ0v) is 12.3. The molecule has 1 aliphatic rings. The Morgan fingerprint density at radius 3 is 2.94 bits per heavy atom. The van der Waals surface area contributed by atoms with Gasteiger partial charge in [0.15, 0.2) is 5.75 Å². The van der Waals surface area contributed by atoms with Gasteiger partial charge in [0.1, 0.15) is 12.2 Å². The molecule has 1 aromatic rings. The van der Waals surface area contributed by atoms with E-state index >= 15 is 0 Å². The van der Waals surface area contributed by atoms with Gasteiger partial charge in [-0.05, 0) is 6.92 Å². The summed E-state index contributed by atoms with van der Waals surface area (Å²) in [5.41, 5.74) is 0. The summed E-state index contributed by atoms with van der Waals surface area (Å²) in [5.74, 6) is 0.807. The molecule has 1 fully saturated rings. The van der Waals surface area contributed by atoms with Gasteiger partial charge in [0, 0.05) is 24.9 Å². The quantitative estimate of drug-likeness (QED) is 0.568. The second-order valence-electron chi connectivity index (χ2n) is 4.27. The van der Waals surface area contributed by atoms with Crippen molar-refractivity contribution in [1.82, 2.24) is 9.78 Å². The van der Waals surface area contributed by atoms with E-state index in [0.29, 0.717) is 18.0 Å². The van der Waals surface area contributed by atoms with Crippen molar-refractivity contribution in [3.05, 3.63) is 12.4 Å². The van der Waals surface area contributed by atoms with E-state index < -0.39 is 0 Å². The van der Waals surface area contributed by atoms with Crippen LogP contribution in [0.25, 0.3) is 0 Å². The Hall–Kier alpha value is -0.590. The van der Waals surface area contributed by atoms with Crippen LogP contribution in [0.15, 0.2) is 12.4 Å². The molecule has 0 aliphatic heterocycles. The van der Waals surface area contributed by atoms with Crippen molar-refractivity contribution in [3.8, 4) is 5.75 Å². The fourth-order valence-electron chi connectivity index (χ4n) is 1.87. The molecule has 0 aromatic carbocycles. The maximum Gasteiger partial charge on any atom is 0.157 e. The SMILES string of the molecule is CCn1cc(OC2CC(Br)C2OCCOC)cn1. The summed E-state index contributed by atoms with van der Waals surface area (Å²) >= 11 is 3.58. The molecule has 3 atom stereocenters. The number of ether oxygens (including phenoxy) is 3. The minimum atomic E-state index is 0.0881. The Balaban J connectivity index is 1.81. The molecule has 3 unspecified atom stereocenters. The van der Waals surface area contributed by atoms with Gasteiger partial charge < -0.3 is 14.2 Å². The van der Waals surface area contributed by atoms with Crippen LogP contribution < -0.4 is 4.74 Å². The number of hydrogen-bond donors (Lipinski definition) is 0. The third-order valence-corrected chi connectivity index (χ3v) is 3.89. The van der Waals surface area contributed by atoms with E-state index in [9.17, 15) is 0 Å². The second-order valence-corrected chi connectivity index (χ2v) is 5.44. The standard InChI is InChI=1S/C12H19BrN2O3/c1-3-15-8-9(7-14-15)18-11-6-10(13)12(11)17-5-4-16-2/h7-8,10-12H,3-6H2,1-2H3. The lowest BCUT2D eigenvalue weighted by Gasteiger charge is -2.40. The van der Waals surface area contributed by atoms with Crippen LogP contribution in [0.2, 0.25) is 0 Å². The van der Waals surface area contributed by atoms with Crippen molar-refractivity contribution in [2.45, 2.75) is 36.9 Å². The van der Waals surface area contributed by atoms with Gasteiger partial charge >= 0.3 is 0 Å². The van der Waals surface area contributed by atoms with E-state index in [1.54, 1.807) is 13.3 Å². The fourth-order valence-corrected chi connectivity index (χ4v) is 2.74. The summed E-state index contributed by atoms with van der Waals surface area (Å²) in [7, 11) is 1.67. The highest BCUT2D eigenvalue weighted by Gasteiger charge is 2.42. The van der Waals surface area contributed by atoms with Crippen molar-refractivity contribution in [2.24, 2.45) is 0 Å². The molecule has 0 spiro atoms. The first kappa shape index (κ1) is 13.8. The van der Waals surface area contributed by atoms with Crippen LogP contribution in [0.5, 0.6) is 5.75 Å². The van der Waals surface area contributed by atoms with E-state index in [-0.39, 0.29) is 12.2 Å². The molecule has 0 saturated heterocycles. The van der Waals surface area contributed by atoms with Gasteiger partial charge in [0.25, 0.3) is 0 Å². The first-order valence-corrected chi connectivity index (χ1v) is 7.10. The van der Waals surface area contributed by atoms with Crippen LogP contribution in [0.1, 0.15) is 13.3 Å². The highest BCUT2D eigenvalue weighted by Crippen LogP contribution is 2.34. The summed E-state index contributed by atoms with van der Waals surface area (Å²) in [6, 6.07) is 0. The average molecular weight is 319 g/mol. The Morgan fingerprint density at radius 2 is 2.33 bits per heavy atom. The smallest absolute Gasteiger partial charge is 0.157 e. The lowest BCUT2D eigenvalue weighted by atomic mass is 9.91. The molecule has 2 rings (SSSR count). The zero-order valence-electron chi connectivity index (χ0n) is 10.7. The predicted octanol–water partition coefficient (Wildman–Crippen LogP) is 1.85. The molecular formula is C12H19BrN2O3. The third kappa shape index (κ3) is 3.24. The summed E-state index contributed by atoms with van der Waals surface area (Å²) < 4.78 is 18.4. The summed E-state index contributed by atoms with van der Waals surface area (Å²) in [6.07, 6.45) is 4.80. The molecule has 0 bridgehead atoms. The Labute approximate surface area is 116 Å². The summed E-state index contributed by atoms with van der Waals surface area (Å²) in [5, 5.41) is 4.18. The molecule has 1 aliphatic carbocycles. The monoisotopic (exact) mass is 318 g/mol. The summed E-state index contributed by atoms with van der Waals surface area (Å²) in [6.45, 7) is 4.10. The van der Waals surface area contributed by atoms with Gasteiger partial charge in [-0.1, -0.05) is 15.9 Å². The largest absolute Gasteiger partial charge is 0.484 e. The Kier molecular flexibility index (Phi) is 5.03. The molecule has 6 heteroatoms. The van der Waals surface area contributed by atoms with Gasteiger partial charge in [-0.2, -0.15) is 5.10 Å². The molecule has 0 amide bonds. The van der Waals surface area contributed by atoms with Crippen LogP contribution in [0.3, 0.4) is 0 Å². The second kappa shape index (κ2) is 6.54. The third-order valence-electron chi connectivity index (χ3n) is 3.00. The number of rotatable bonds is 7. The highest BCUT2D eigenvalue weighted by molar-refractivity contribution is 9.09. The Morgan fingerprint density at radius 1 is 1.50 bits per heavy atom. The van der Waals surface area contributed by atoms with Crippen molar-refractivity contribution >= 4 is 15.9 Å². The fraction of sp³-hybridized carbons (Fsp3) is 0.750. The van der Waals surface area contributed by atoms with Crippen molar-refractivity contribution in [1.29, 1.82) is 0 Å². The molecule has 1 heterocycles. The molecule has 1 saturated carbocycles. The highest BCUT2D eigenvalue weighted by atomic mass is 79.9. The van der Waals surface area contributed by atoms with Gasteiger partial charge in [0.2, 0.25) is 0 Å². The molecule has 5 nitrogen and oxygen atoms in total.